The molecule has 0 saturated carbocycles. The first kappa shape index (κ1) is 11.9. The third-order valence-corrected chi connectivity index (χ3v) is 4.81. The van der Waals surface area contributed by atoms with Crippen molar-refractivity contribution in [1.82, 2.24) is 10.2 Å². The summed E-state index contributed by atoms with van der Waals surface area (Å²) in [7, 11) is 0. The zero-order valence-electron chi connectivity index (χ0n) is 10.9. The van der Waals surface area contributed by atoms with E-state index in [-0.39, 0.29) is 0 Å². The van der Waals surface area contributed by atoms with Crippen molar-refractivity contribution in [1.29, 1.82) is 0 Å². The standard InChI is InChI=1S/C14H26N2O/c1-3-13(9-15-6-1)14-4-2-7-16(14)10-12-5-8-17-11-12/h12-15H,1-11H2. The van der Waals surface area contributed by atoms with Crippen LogP contribution in [-0.4, -0.2) is 50.3 Å². The van der Waals surface area contributed by atoms with Crippen LogP contribution in [0.15, 0.2) is 0 Å². The van der Waals surface area contributed by atoms with Gasteiger partial charge in [-0.05, 0) is 63.6 Å². The molecule has 0 aromatic rings. The van der Waals surface area contributed by atoms with Crippen molar-refractivity contribution in [2.45, 2.75) is 38.1 Å². The summed E-state index contributed by atoms with van der Waals surface area (Å²) in [5, 5.41) is 3.57. The van der Waals surface area contributed by atoms with Gasteiger partial charge in [-0.1, -0.05) is 0 Å². The molecule has 0 spiro atoms. The molecule has 3 atom stereocenters. The summed E-state index contributed by atoms with van der Waals surface area (Å²) in [5.74, 6) is 1.72. The molecule has 0 radical (unpaired) electrons. The van der Waals surface area contributed by atoms with E-state index in [1.165, 1.54) is 58.3 Å². The number of hydrogen-bond donors (Lipinski definition) is 1. The number of piperidine rings is 1. The van der Waals surface area contributed by atoms with Crippen LogP contribution in [0.1, 0.15) is 32.1 Å². The first-order valence-corrected chi connectivity index (χ1v) is 7.46. The Morgan fingerprint density at radius 3 is 2.94 bits per heavy atom. The van der Waals surface area contributed by atoms with Crippen LogP contribution in [0, 0.1) is 11.8 Å². The van der Waals surface area contributed by atoms with Crippen molar-refractivity contribution < 1.29 is 4.74 Å². The Morgan fingerprint density at radius 1 is 1.18 bits per heavy atom. The summed E-state index contributed by atoms with van der Waals surface area (Å²) in [5.41, 5.74) is 0. The smallest absolute Gasteiger partial charge is 0.0507 e. The third kappa shape index (κ3) is 2.83. The molecule has 3 rings (SSSR count). The molecular formula is C14H26N2O. The highest BCUT2D eigenvalue weighted by Gasteiger charge is 2.33. The topological polar surface area (TPSA) is 24.5 Å². The average Bonchev–Trinajstić information content (AvgIpc) is 3.02. The molecule has 0 bridgehead atoms. The minimum absolute atomic E-state index is 0.812. The van der Waals surface area contributed by atoms with E-state index in [4.69, 9.17) is 4.74 Å². The first-order valence-electron chi connectivity index (χ1n) is 7.46. The lowest BCUT2D eigenvalue weighted by atomic mass is 9.90. The van der Waals surface area contributed by atoms with E-state index in [1.807, 2.05) is 0 Å². The molecule has 17 heavy (non-hydrogen) atoms. The van der Waals surface area contributed by atoms with Gasteiger partial charge in [0, 0.05) is 19.2 Å². The van der Waals surface area contributed by atoms with E-state index >= 15 is 0 Å². The molecule has 3 nitrogen and oxygen atoms in total. The SMILES string of the molecule is C1CNCC(C2CCCN2CC2CCOC2)C1. The van der Waals surface area contributed by atoms with Crippen molar-refractivity contribution in [3.05, 3.63) is 0 Å². The molecule has 3 aliphatic heterocycles. The molecule has 1 N–H and O–H groups in total. The van der Waals surface area contributed by atoms with Crippen LogP contribution < -0.4 is 5.32 Å². The van der Waals surface area contributed by atoms with E-state index in [1.54, 1.807) is 0 Å². The highest BCUT2D eigenvalue weighted by atomic mass is 16.5. The lowest BCUT2D eigenvalue weighted by Crippen LogP contribution is -2.44. The fourth-order valence-electron chi connectivity index (χ4n) is 3.88. The van der Waals surface area contributed by atoms with E-state index in [9.17, 15) is 0 Å². The Balaban J connectivity index is 1.54. The van der Waals surface area contributed by atoms with Crippen molar-refractivity contribution in [3.8, 4) is 0 Å². The highest BCUT2D eigenvalue weighted by Crippen LogP contribution is 2.29. The molecule has 0 aromatic heterocycles. The number of nitrogens with one attached hydrogen (secondary N) is 1. The van der Waals surface area contributed by atoms with E-state index in [0.717, 1.165) is 31.1 Å². The average molecular weight is 238 g/mol. The van der Waals surface area contributed by atoms with E-state index in [0.29, 0.717) is 0 Å². The molecule has 3 heterocycles. The third-order valence-electron chi connectivity index (χ3n) is 4.81. The predicted molar refractivity (Wildman–Crippen MR) is 69.1 cm³/mol. The summed E-state index contributed by atoms with van der Waals surface area (Å²) >= 11 is 0. The van der Waals surface area contributed by atoms with Crippen LogP contribution in [0.4, 0.5) is 0 Å². The molecule has 0 aliphatic carbocycles. The van der Waals surface area contributed by atoms with E-state index < -0.39 is 0 Å². The Morgan fingerprint density at radius 2 is 2.18 bits per heavy atom. The number of likely N-dealkylation sites (tertiary alicyclic amines) is 1. The fraction of sp³-hybridized carbons (Fsp3) is 1.00. The second kappa shape index (κ2) is 5.68. The number of ether oxygens (including phenoxy) is 1. The highest BCUT2D eigenvalue weighted by molar-refractivity contribution is 4.89. The largest absolute Gasteiger partial charge is 0.381 e. The van der Waals surface area contributed by atoms with Gasteiger partial charge in [0.05, 0.1) is 6.61 Å². The van der Waals surface area contributed by atoms with Gasteiger partial charge >= 0.3 is 0 Å². The first-order chi connectivity index (χ1) is 8.43. The lowest BCUT2D eigenvalue weighted by molar-refractivity contribution is 0.131. The Hall–Kier alpha value is -0.120. The number of nitrogens with zero attached hydrogens (tertiary/aromatic N) is 1. The maximum Gasteiger partial charge on any atom is 0.0507 e. The van der Waals surface area contributed by atoms with E-state index in [2.05, 4.69) is 10.2 Å². The fourth-order valence-corrected chi connectivity index (χ4v) is 3.88. The molecule has 3 aliphatic rings. The molecular weight excluding hydrogens is 212 g/mol. The number of hydrogen-bond acceptors (Lipinski definition) is 3. The summed E-state index contributed by atoms with van der Waals surface area (Å²) in [6.45, 7) is 7.11. The number of rotatable bonds is 3. The van der Waals surface area contributed by atoms with Gasteiger partial charge in [-0.2, -0.15) is 0 Å². The van der Waals surface area contributed by atoms with Crippen LogP contribution in [-0.2, 0) is 4.74 Å². The zero-order chi connectivity index (χ0) is 11.5. The van der Waals surface area contributed by atoms with Gasteiger partial charge in [0.15, 0.2) is 0 Å². The Labute approximate surface area is 105 Å². The quantitative estimate of drug-likeness (QED) is 0.806. The molecule has 3 fully saturated rings. The molecule has 0 amide bonds. The maximum atomic E-state index is 5.51. The monoisotopic (exact) mass is 238 g/mol. The van der Waals surface area contributed by atoms with Gasteiger partial charge < -0.3 is 10.1 Å². The van der Waals surface area contributed by atoms with Gasteiger partial charge in [0.2, 0.25) is 0 Å². The lowest BCUT2D eigenvalue weighted by Gasteiger charge is -2.35. The van der Waals surface area contributed by atoms with Gasteiger partial charge in [-0.3, -0.25) is 4.90 Å². The Bertz CT molecular complexity index is 234. The predicted octanol–water partition coefficient (Wildman–Crippen LogP) is 1.49. The molecule has 3 heteroatoms. The summed E-state index contributed by atoms with van der Waals surface area (Å²) in [6, 6.07) is 0.864. The van der Waals surface area contributed by atoms with Crippen LogP contribution in [0.25, 0.3) is 0 Å². The second-order valence-electron chi connectivity index (χ2n) is 6.04. The van der Waals surface area contributed by atoms with Crippen molar-refractivity contribution in [2.24, 2.45) is 11.8 Å². The van der Waals surface area contributed by atoms with Crippen LogP contribution in [0.3, 0.4) is 0 Å². The second-order valence-corrected chi connectivity index (χ2v) is 6.04. The van der Waals surface area contributed by atoms with Crippen LogP contribution in [0.5, 0.6) is 0 Å². The minimum atomic E-state index is 0.812. The molecule has 3 unspecified atom stereocenters. The summed E-state index contributed by atoms with van der Waals surface area (Å²) in [6.07, 6.45) is 6.94. The Kier molecular flexibility index (Phi) is 3.99. The molecule has 3 saturated heterocycles. The molecule has 0 aromatic carbocycles. The van der Waals surface area contributed by atoms with Gasteiger partial charge in [-0.15, -0.1) is 0 Å². The van der Waals surface area contributed by atoms with Crippen LogP contribution >= 0.6 is 0 Å². The van der Waals surface area contributed by atoms with Crippen molar-refractivity contribution in [2.75, 3.05) is 39.4 Å². The van der Waals surface area contributed by atoms with Gasteiger partial charge in [-0.25, -0.2) is 0 Å². The summed E-state index contributed by atoms with van der Waals surface area (Å²) in [4.78, 5) is 2.77. The normalized spacial score (nSPS) is 39.9. The van der Waals surface area contributed by atoms with Crippen molar-refractivity contribution >= 4 is 0 Å². The van der Waals surface area contributed by atoms with Crippen molar-refractivity contribution in [3.63, 3.8) is 0 Å². The molecule has 98 valence electrons. The van der Waals surface area contributed by atoms with Gasteiger partial charge in [0.1, 0.15) is 0 Å². The van der Waals surface area contributed by atoms with Gasteiger partial charge in [0.25, 0.3) is 0 Å². The zero-order valence-corrected chi connectivity index (χ0v) is 10.9. The summed E-state index contributed by atoms with van der Waals surface area (Å²) < 4.78 is 5.51. The minimum Gasteiger partial charge on any atom is -0.381 e. The maximum absolute atomic E-state index is 5.51. The van der Waals surface area contributed by atoms with Crippen LogP contribution in [0.2, 0.25) is 0 Å².